The first-order valence-corrected chi connectivity index (χ1v) is 9.57. The predicted octanol–water partition coefficient (Wildman–Crippen LogP) is 4.32. The summed E-state index contributed by atoms with van der Waals surface area (Å²) < 4.78 is 15.9. The van der Waals surface area contributed by atoms with E-state index in [9.17, 15) is 14.4 Å². The molecule has 31 heavy (non-hydrogen) atoms. The fourth-order valence-electron chi connectivity index (χ4n) is 3.13. The minimum atomic E-state index is -0.612. The molecular formula is C25H18O6. The van der Waals surface area contributed by atoms with Crippen molar-refractivity contribution < 1.29 is 23.5 Å². The molecule has 1 heterocycles. The number of carbonyl (C=O) groups is 2. The number of hydrogen-bond acceptors (Lipinski definition) is 6. The molecule has 0 spiro atoms. The largest absolute Gasteiger partial charge is 0.482 e. The number of rotatable bonds is 6. The van der Waals surface area contributed by atoms with Gasteiger partial charge in [-0.2, -0.15) is 0 Å². The van der Waals surface area contributed by atoms with Gasteiger partial charge in [0, 0.05) is 28.6 Å². The standard InChI is InChI=1S/C25H18O6/c1-16-13-23(26)31-22-14-20(11-12-21(16)22)30-24(27)15-29-19-9-7-18(8-10-19)25(28)17-5-3-2-4-6-17/h2-14H,15H2,1H3. The number of ketones is 1. The number of aryl methyl sites for hydroxylation is 1. The number of fused-ring (bicyclic) bond motifs is 1. The smallest absolute Gasteiger partial charge is 0.349 e. The zero-order chi connectivity index (χ0) is 21.8. The van der Waals surface area contributed by atoms with E-state index in [1.54, 1.807) is 67.6 Å². The van der Waals surface area contributed by atoms with Crippen molar-refractivity contribution in [2.75, 3.05) is 6.61 Å². The van der Waals surface area contributed by atoms with Crippen molar-refractivity contribution in [3.63, 3.8) is 0 Å². The first kappa shape index (κ1) is 20.1. The summed E-state index contributed by atoms with van der Waals surface area (Å²) in [6.07, 6.45) is 0. The molecule has 0 aliphatic carbocycles. The minimum Gasteiger partial charge on any atom is -0.482 e. The Balaban J connectivity index is 1.37. The average molecular weight is 414 g/mol. The van der Waals surface area contributed by atoms with Gasteiger partial charge in [0.1, 0.15) is 17.1 Å². The fourth-order valence-corrected chi connectivity index (χ4v) is 3.13. The highest BCUT2D eigenvalue weighted by Gasteiger charge is 2.11. The van der Waals surface area contributed by atoms with E-state index in [0.717, 1.165) is 10.9 Å². The van der Waals surface area contributed by atoms with Gasteiger partial charge in [-0.3, -0.25) is 4.79 Å². The van der Waals surface area contributed by atoms with Crippen molar-refractivity contribution in [1.29, 1.82) is 0 Å². The van der Waals surface area contributed by atoms with Gasteiger partial charge in [-0.1, -0.05) is 30.3 Å². The van der Waals surface area contributed by atoms with E-state index in [4.69, 9.17) is 13.9 Å². The van der Waals surface area contributed by atoms with Gasteiger partial charge >= 0.3 is 11.6 Å². The molecule has 0 atom stereocenters. The Hall–Kier alpha value is -4.19. The summed E-state index contributed by atoms with van der Waals surface area (Å²) in [6.45, 7) is 1.49. The van der Waals surface area contributed by atoms with E-state index in [1.165, 1.54) is 12.1 Å². The van der Waals surface area contributed by atoms with Gasteiger partial charge in [0.05, 0.1) is 0 Å². The van der Waals surface area contributed by atoms with Crippen molar-refractivity contribution in [3.05, 3.63) is 106 Å². The predicted molar refractivity (Wildman–Crippen MR) is 115 cm³/mol. The molecule has 0 aliphatic heterocycles. The second-order valence-electron chi connectivity index (χ2n) is 6.89. The Morgan fingerprint density at radius 1 is 0.839 bits per heavy atom. The third-order valence-electron chi connectivity index (χ3n) is 4.66. The molecule has 3 aromatic carbocycles. The van der Waals surface area contributed by atoms with Gasteiger partial charge in [-0.25, -0.2) is 9.59 Å². The topological polar surface area (TPSA) is 82.8 Å². The van der Waals surface area contributed by atoms with Gasteiger partial charge < -0.3 is 13.9 Å². The lowest BCUT2D eigenvalue weighted by atomic mass is 10.0. The molecule has 0 saturated heterocycles. The first-order valence-electron chi connectivity index (χ1n) is 9.57. The van der Waals surface area contributed by atoms with Crippen LogP contribution in [0.1, 0.15) is 21.5 Å². The van der Waals surface area contributed by atoms with Crippen LogP contribution in [0.2, 0.25) is 0 Å². The Bertz CT molecular complexity index is 1300. The van der Waals surface area contributed by atoms with Crippen molar-refractivity contribution in [2.45, 2.75) is 6.92 Å². The van der Waals surface area contributed by atoms with E-state index in [1.807, 2.05) is 6.07 Å². The fraction of sp³-hybridized carbons (Fsp3) is 0.0800. The second-order valence-corrected chi connectivity index (χ2v) is 6.89. The van der Waals surface area contributed by atoms with E-state index >= 15 is 0 Å². The van der Waals surface area contributed by atoms with Crippen LogP contribution in [-0.2, 0) is 4.79 Å². The lowest BCUT2D eigenvalue weighted by Gasteiger charge is -2.08. The molecule has 0 radical (unpaired) electrons. The zero-order valence-corrected chi connectivity index (χ0v) is 16.7. The molecule has 6 nitrogen and oxygen atoms in total. The number of carbonyl (C=O) groups excluding carboxylic acids is 2. The molecule has 1 aromatic heterocycles. The molecule has 154 valence electrons. The van der Waals surface area contributed by atoms with Crippen LogP contribution in [0.5, 0.6) is 11.5 Å². The van der Waals surface area contributed by atoms with Gasteiger partial charge in [0.15, 0.2) is 12.4 Å². The third-order valence-corrected chi connectivity index (χ3v) is 4.66. The summed E-state index contributed by atoms with van der Waals surface area (Å²) in [4.78, 5) is 36.1. The minimum absolute atomic E-state index is 0.0928. The van der Waals surface area contributed by atoms with Crippen LogP contribution in [-0.4, -0.2) is 18.4 Å². The lowest BCUT2D eigenvalue weighted by molar-refractivity contribution is -0.136. The first-order chi connectivity index (χ1) is 15.0. The molecule has 0 amide bonds. The Kier molecular flexibility index (Phi) is 5.62. The van der Waals surface area contributed by atoms with Crippen LogP contribution in [0.25, 0.3) is 11.0 Å². The maximum atomic E-state index is 12.4. The molecular weight excluding hydrogens is 396 g/mol. The van der Waals surface area contributed by atoms with Gasteiger partial charge in [0.25, 0.3) is 0 Å². The molecule has 0 fully saturated rings. The average Bonchev–Trinajstić information content (AvgIpc) is 2.78. The van der Waals surface area contributed by atoms with Crippen LogP contribution in [0.15, 0.2) is 88.1 Å². The monoisotopic (exact) mass is 414 g/mol. The molecule has 0 unspecified atom stereocenters. The van der Waals surface area contributed by atoms with Crippen molar-refractivity contribution >= 4 is 22.7 Å². The highest BCUT2D eigenvalue weighted by Crippen LogP contribution is 2.22. The molecule has 4 rings (SSSR count). The summed E-state index contributed by atoms with van der Waals surface area (Å²) in [5, 5.41) is 0.765. The van der Waals surface area contributed by atoms with Crippen LogP contribution in [0.3, 0.4) is 0 Å². The normalized spacial score (nSPS) is 10.6. The summed E-state index contributed by atoms with van der Waals surface area (Å²) in [6, 6.07) is 21.7. The summed E-state index contributed by atoms with van der Waals surface area (Å²) in [5.74, 6) is -0.0242. The Morgan fingerprint density at radius 2 is 1.52 bits per heavy atom. The van der Waals surface area contributed by atoms with Crippen LogP contribution >= 0.6 is 0 Å². The Labute approximate surface area is 177 Å². The van der Waals surface area contributed by atoms with Gasteiger partial charge in [-0.15, -0.1) is 0 Å². The van der Waals surface area contributed by atoms with Crippen molar-refractivity contribution in [3.8, 4) is 11.5 Å². The van der Waals surface area contributed by atoms with E-state index in [0.29, 0.717) is 22.5 Å². The van der Waals surface area contributed by atoms with Crippen LogP contribution in [0.4, 0.5) is 0 Å². The molecule has 0 N–H and O–H groups in total. The van der Waals surface area contributed by atoms with Gasteiger partial charge in [0.2, 0.25) is 0 Å². The maximum absolute atomic E-state index is 12.4. The highest BCUT2D eigenvalue weighted by atomic mass is 16.6. The van der Waals surface area contributed by atoms with Crippen molar-refractivity contribution in [2.24, 2.45) is 0 Å². The molecule has 0 aliphatic rings. The molecule has 4 aromatic rings. The van der Waals surface area contributed by atoms with Crippen LogP contribution in [0, 0.1) is 6.92 Å². The number of ether oxygens (including phenoxy) is 2. The van der Waals surface area contributed by atoms with E-state index < -0.39 is 11.6 Å². The highest BCUT2D eigenvalue weighted by molar-refractivity contribution is 6.09. The quantitative estimate of drug-likeness (QED) is 0.202. The maximum Gasteiger partial charge on any atom is 0.349 e. The number of esters is 1. The molecule has 0 saturated carbocycles. The van der Waals surface area contributed by atoms with E-state index in [-0.39, 0.29) is 18.1 Å². The summed E-state index contributed by atoms with van der Waals surface area (Å²) in [5.41, 5.74) is 1.78. The second kappa shape index (κ2) is 8.67. The van der Waals surface area contributed by atoms with Gasteiger partial charge in [-0.05, 0) is 48.9 Å². The van der Waals surface area contributed by atoms with Crippen molar-refractivity contribution in [1.82, 2.24) is 0 Å². The number of hydrogen-bond donors (Lipinski definition) is 0. The molecule has 6 heteroatoms. The summed E-state index contributed by atoms with van der Waals surface area (Å²) >= 11 is 0. The number of benzene rings is 3. The molecule has 0 bridgehead atoms. The Morgan fingerprint density at radius 3 is 2.26 bits per heavy atom. The summed E-state index contributed by atoms with van der Waals surface area (Å²) in [7, 11) is 0. The third kappa shape index (κ3) is 4.70. The van der Waals surface area contributed by atoms with Crippen LogP contribution < -0.4 is 15.1 Å². The zero-order valence-electron chi connectivity index (χ0n) is 16.7. The van der Waals surface area contributed by atoms with E-state index in [2.05, 4.69) is 0 Å². The lowest BCUT2D eigenvalue weighted by Crippen LogP contribution is -2.17. The SMILES string of the molecule is Cc1cc(=O)oc2cc(OC(=O)COc3ccc(C(=O)c4ccccc4)cc3)ccc12.